The first-order valence-corrected chi connectivity index (χ1v) is 9.79. The average molecular weight is 379 g/mol. The first kappa shape index (κ1) is 22.7. The van der Waals surface area contributed by atoms with Crippen LogP contribution in [0.5, 0.6) is 0 Å². The van der Waals surface area contributed by atoms with Crippen molar-refractivity contribution in [1.82, 2.24) is 5.32 Å². The van der Waals surface area contributed by atoms with Gasteiger partial charge in [0, 0.05) is 18.7 Å². The molecule has 2 rings (SSSR count). The molecule has 0 fully saturated rings. The fourth-order valence-corrected chi connectivity index (χ4v) is 3.72. The number of allylic oxidation sites excluding steroid dienone is 1. The Balaban J connectivity index is 0.00000338. The number of benzene rings is 1. The molecule has 0 aliphatic carbocycles. The highest BCUT2D eigenvalue weighted by Crippen LogP contribution is 2.27. The molecule has 0 aromatic heterocycles. The van der Waals surface area contributed by atoms with Crippen LogP contribution in [0.15, 0.2) is 47.1 Å². The summed E-state index contributed by atoms with van der Waals surface area (Å²) in [5, 5.41) is 6.89. The maximum Gasteiger partial charge on any atom is 0.246 e. The van der Waals surface area contributed by atoms with Crippen molar-refractivity contribution in [3.8, 4) is 0 Å². The van der Waals surface area contributed by atoms with Crippen LogP contribution in [-0.2, 0) is 0 Å². The van der Waals surface area contributed by atoms with Gasteiger partial charge in [0.2, 0.25) is 6.29 Å². The summed E-state index contributed by atoms with van der Waals surface area (Å²) < 4.78 is 0.919. The minimum absolute atomic E-state index is 0. The third-order valence-corrected chi connectivity index (χ3v) is 5.31. The summed E-state index contributed by atoms with van der Waals surface area (Å²) in [5.41, 5.74) is 2.46. The summed E-state index contributed by atoms with van der Waals surface area (Å²) in [6.45, 7) is 9.00. The molecule has 2 atom stereocenters. The van der Waals surface area contributed by atoms with Gasteiger partial charge < -0.3 is 17.7 Å². The van der Waals surface area contributed by atoms with E-state index in [1.807, 2.05) is 25.2 Å². The van der Waals surface area contributed by atoms with E-state index in [1.54, 1.807) is 0 Å². The SMILES string of the molecule is CCCCCCC[N+]1(CC)C(C)=CC(Nc2ccccc2)=NC1NC.[Cl-]. The predicted molar refractivity (Wildman–Crippen MR) is 109 cm³/mol. The second kappa shape index (κ2) is 11.4. The van der Waals surface area contributed by atoms with Gasteiger partial charge in [0.1, 0.15) is 11.5 Å². The lowest BCUT2D eigenvalue weighted by atomic mass is 10.1. The summed E-state index contributed by atoms with van der Waals surface area (Å²) >= 11 is 0. The predicted octanol–water partition coefficient (Wildman–Crippen LogP) is 1.73. The number of para-hydroxylation sites is 1. The topological polar surface area (TPSA) is 36.4 Å². The lowest BCUT2D eigenvalue weighted by Crippen LogP contribution is -3.00. The minimum Gasteiger partial charge on any atom is -1.00 e. The van der Waals surface area contributed by atoms with Crippen molar-refractivity contribution >= 4 is 11.5 Å². The Bertz CT molecular complexity index is 585. The van der Waals surface area contributed by atoms with Gasteiger partial charge in [-0.25, -0.2) is 0 Å². The monoisotopic (exact) mass is 378 g/mol. The number of nitrogens with zero attached hydrogens (tertiary/aromatic N) is 2. The lowest BCUT2D eigenvalue weighted by Gasteiger charge is -2.44. The van der Waals surface area contributed by atoms with Gasteiger partial charge in [-0.3, -0.25) is 9.80 Å². The zero-order chi connectivity index (χ0) is 18.1. The first-order chi connectivity index (χ1) is 12.2. The van der Waals surface area contributed by atoms with E-state index < -0.39 is 0 Å². The number of rotatable bonds is 9. The average Bonchev–Trinajstić information content (AvgIpc) is 2.63. The van der Waals surface area contributed by atoms with E-state index in [9.17, 15) is 0 Å². The maximum absolute atomic E-state index is 4.98. The van der Waals surface area contributed by atoms with E-state index in [0.717, 1.165) is 29.1 Å². The van der Waals surface area contributed by atoms with E-state index in [-0.39, 0.29) is 18.7 Å². The molecule has 0 bridgehead atoms. The number of amidine groups is 1. The molecule has 26 heavy (non-hydrogen) atoms. The van der Waals surface area contributed by atoms with Crippen molar-refractivity contribution in [2.45, 2.75) is 59.2 Å². The standard InChI is InChI=1S/C21H35N4.ClH/c1-5-7-8-9-13-16-25(6-2)18(3)17-20(24-21(25)22-4)23-19-14-11-10-12-15-19;/h10-12,14-15,17,21-22H,5-9,13,16H2,1-4H3,(H,23,24);1H/q+1;/p-1. The number of anilines is 1. The highest BCUT2D eigenvalue weighted by atomic mass is 35.5. The van der Waals surface area contributed by atoms with Crippen molar-refractivity contribution in [1.29, 1.82) is 0 Å². The van der Waals surface area contributed by atoms with Crippen LogP contribution in [0.4, 0.5) is 5.69 Å². The van der Waals surface area contributed by atoms with Crippen molar-refractivity contribution in [3.63, 3.8) is 0 Å². The summed E-state index contributed by atoms with van der Waals surface area (Å²) in [6, 6.07) is 10.3. The molecule has 146 valence electrons. The molecule has 0 saturated carbocycles. The number of quaternary nitrogens is 1. The molecule has 1 aromatic rings. The highest BCUT2D eigenvalue weighted by Gasteiger charge is 2.39. The Hall–Kier alpha value is -1.36. The molecule has 2 unspecified atom stereocenters. The van der Waals surface area contributed by atoms with Gasteiger partial charge in [-0.2, -0.15) is 4.99 Å². The number of unbranched alkanes of at least 4 members (excludes halogenated alkanes) is 4. The quantitative estimate of drug-likeness (QED) is 0.507. The van der Waals surface area contributed by atoms with Crippen LogP contribution in [0, 0.1) is 0 Å². The van der Waals surface area contributed by atoms with Crippen molar-refractivity contribution in [3.05, 3.63) is 42.1 Å². The van der Waals surface area contributed by atoms with E-state index in [1.165, 1.54) is 37.8 Å². The largest absolute Gasteiger partial charge is 1.00 e. The van der Waals surface area contributed by atoms with E-state index >= 15 is 0 Å². The minimum atomic E-state index is 0. The van der Waals surface area contributed by atoms with Crippen LogP contribution < -0.4 is 23.0 Å². The second-order valence-electron chi connectivity index (χ2n) is 6.94. The van der Waals surface area contributed by atoms with E-state index in [0.29, 0.717) is 0 Å². The Morgan fingerprint density at radius 2 is 1.73 bits per heavy atom. The molecule has 1 aliphatic rings. The summed E-state index contributed by atoms with van der Waals surface area (Å²) in [4.78, 5) is 4.98. The Kier molecular flexibility index (Phi) is 9.92. The van der Waals surface area contributed by atoms with Crippen molar-refractivity contribution < 1.29 is 16.9 Å². The van der Waals surface area contributed by atoms with Crippen LogP contribution in [0.1, 0.15) is 52.9 Å². The van der Waals surface area contributed by atoms with Gasteiger partial charge >= 0.3 is 0 Å². The number of hydrogen-bond acceptors (Lipinski definition) is 3. The van der Waals surface area contributed by atoms with E-state index in [2.05, 4.69) is 49.6 Å². The normalized spacial score (nSPS) is 22.2. The number of halogens is 1. The van der Waals surface area contributed by atoms with Gasteiger partial charge in [-0.05, 0) is 38.9 Å². The molecule has 0 amide bonds. The van der Waals surface area contributed by atoms with Crippen LogP contribution in [0.2, 0.25) is 0 Å². The second-order valence-corrected chi connectivity index (χ2v) is 6.94. The molecule has 0 spiro atoms. The van der Waals surface area contributed by atoms with Crippen LogP contribution in [-0.4, -0.2) is 36.7 Å². The van der Waals surface area contributed by atoms with Gasteiger partial charge in [0.15, 0.2) is 0 Å². The molecule has 2 N–H and O–H groups in total. The highest BCUT2D eigenvalue weighted by molar-refractivity contribution is 6.04. The fourth-order valence-electron chi connectivity index (χ4n) is 3.72. The zero-order valence-electron chi connectivity index (χ0n) is 16.8. The van der Waals surface area contributed by atoms with Crippen molar-refractivity contribution in [2.24, 2.45) is 4.99 Å². The maximum atomic E-state index is 4.98. The third-order valence-electron chi connectivity index (χ3n) is 5.31. The number of hydrogen-bond donors (Lipinski definition) is 2. The van der Waals surface area contributed by atoms with Crippen LogP contribution >= 0.6 is 0 Å². The molecular weight excluding hydrogens is 344 g/mol. The molecule has 0 radical (unpaired) electrons. The smallest absolute Gasteiger partial charge is 0.246 e. The zero-order valence-corrected chi connectivity index (χ0v) is 17.5. The summed E-state index contributed by atoms with van der Waals surface area (Å²) in [7, 11) is 2.02. The number of aliphatic imine (C=N–C) groups is 1. The lowest BCUT2D eigenvalue weighted by molar-refractivity contribution is -0.918. The Morgan fingerprint density at radius 3 is 2.35 bits per heavy atom. The molecule has 1 aliphatic heterocycles. The van der Waals surface area contributed by atoms with Gasteiger partial charge in [0.05, 0.1) is 13.1 Å². The molecule has 0 saturated heterocycles. The Morgan fingerprint density at radius 1 is 1.04 bits per heavy atom. The summed E-state index contributed by atoms with van der Waals surface area (Å²) in [5.74, 6) is 0.941. The molecule has 1 heterocycles. The molecule has 4 nitrogen and oxygen atoms in total. The number of nitrogens with one attached hydrogen (secondary N) is 2. The van der Waals surface area contributed by atoms with Crippen LogP contribution in [0.25, 0.3) is 0 Å². The Labute approximate surface area is 165 Å². The fraction of sp³-hybridized carbons (Fsp3) is 0.571. The molecule has 5 heteroatoms. The molecular formula is C21H35ClN4. The third kappa shape index (κ3) is 5.57. The first-order valence-electron chi connectivity index (χ1n) is 9.79. The van der Waals surface area contributed by atoms with Crippen LogP contribution in [0.3, 0.4) is 0 Å². The van der Waals surface area contributed by atoms with Crippen molar-refractivity contribution in [2.75, 3.05) is 25.5 Å². The molecule has 1 aromatic carbocycles. The van der Waals surface area contributed by atoms with E-state index in [4.69, 9.17) is 4.99 Å². The van der Waals surface area contributed by atoms with Gasteiger partial charge in [0.25, 0.3) is 0 Å². The van der Waals surface area contributed by atoms with Gasteiger partial charge in [-0.15, -0.1) is 0 Å². The van der Waals surface area contributed by atoms with Gasteiger partial charge in [-0.1, -0.05) is 44.4 Å². The summed E-state index contributed by atoms with van der Waals surface area (Å²) in [6.07, 6.45) is 8.86.